The van der Waals surface area contributed by atoms with Gasteiger partial charge < -0.3 is 15.5 Å². The predicted octanol–water partition coefficient (Wildman–Crippen LogP) is 10.7. The number of unbranched alkanes of at least 4 members (excludes halogenated alkanes) is 9. The van der Waals surface area contributed by atoms with Crippen molar-refractivity contribution in [2.24, 2.45) is 0 Å². The van der Waals surface area contributed by atoms with Crippen LogP contribution in [-0.2, 0) is 4.79 Å². The Kier molecular flexibility index (Phi) is 33.6. The topological polar surface area (TPSA) is 69.6 Å². The molecule has 4 heteroatoms. The molecule has 0 aromatic heterocycles. The van der Waals surface area contributed by atoms with Gasteiger partial charge in [0.15, 0.2) is 0 Å². The summed E-state index contributed by atoms with van der Waals surface area (Å²) in [6, 6.07) is -0.655. The molecule has 0 aromatic rings. The first-order valence-electron chi connectivity index (χ1n) is 18.0. The Bertz CT molecular complexity index is 890. The molecule has 0 spiro atoms. The first-order chi connectivity index (χ1) is 22.2. The van der Waals surface area contributed by atoms with E-state index in [0.717, 1.165) is 89.9 Å². The second kappa shape index (κ2) is 35.8. The van der Waals surface area contributed by atoms with E-state index in [2.05, 4.69) is 104 Å². The molecule has 0 bridgehead atoms. The number of allylic oxidation sites excluding steroid dienone is 15. The van der Waals surface area contributed by atoms with Crippen molar-refractivity contribution < 1.29 is 15.0 Å². The summed E-state index contributed by atoms with van der Waals surface area (Å²) in [5, 5.41) is 22.8. The number of carbonyl (C=O) groups is 1. The Morgan fingerprint density at radius 2 is 0.933 bits per heavy atom. The summed E-state index contributed by atoms with van der Waals surface area (Å²) in [7, 11) is 0. The SMILES string of the molecule is CC/C=C\C/C=C\C/C=C\C/C=C\C/C=C\CCCCCCCCCC(=O)NC(CO)C(O)/C=C/CC/C=C/CC/C=C/CC. The van der Waals surface area contributed by atoms with E-state index >= 15 is 0 Å². The van der Waals surface area contributed by atoms with Gasteiger partial charge in [0.25, 0.3) is 0 Å². The molecule has 0 radical (unpaired) electrons. The molecule has 0 heterocycles. The van der Waals surface area contributed by atoms with Crippen LogP contribution in [0.15, 0.2) is 97.2 Å². The van der Waals surface area contributed by atoms with Gasteiger partial charge in [-0.3, -0.25) is 4.79 Å². The predicted molar refractivity (Wildman–Crippen MR) is 197 cm³/mol. The zero-order valence-electron chi connectivity index (χ0n) is 28.8. The second-order valence-corrected chi connectivity index (χ2v) is 11.5. The highest BCUT2D eigenvalue weighted by molar-refractivity contribution is 5.76. The number of amides is 1. The van der Waals surface area contributed by atoms with Crippen LogP contribution in [0.3, 0.4) is 0 Å². The van der Waals surface area contributed by atoms with Gasteiger partial charge in [0.05, 0.1) is 18.8 Å². The monoisotopic (exact) mass is 622 g/mol. The quantitative estimate of drug-likeness (QED) is 0.0552. The van der Waals surface area contributed by atoms with E-state index < -0.39 is 12.1 Å². The molecule has 0 fully saturated rings. The first-order valence-corrected chi connectivity index (χ1v) is 18.0. The second-order valence-electron chi connectivity index (χ2n) is 11.5. The van der Waals surface area contributed by atoms with Gasteiger partial charge in [-0.05, 0) is 83.5 Å². The number of aliphatic hydroxyl groups is 2. The van der Waals surface area contributed by atoms with Gasteiger partial charge in [-0.1, -0.05) is 143 Å². The van der Waals surface area contributed by atoms with Crippen LogP contribution in [0.25, 0.3) is 0 Å². The van der Waals surface area contributed by atoms with Crippen LogP contribution in [0.2, 0.25) is 0 Å². The van der Waals surface area contributed by atoms with Crippen molar-refractivity contribution in [3.05, 3.63) is 97.2 Å². The highest BCUT2D eigenvalue weighted by Gasteiger charge is 2.17. The molecular formula is C41H67NO3. The number of hydrogen-bond donors (Lipinski definition) is 3. The van der Waals surface area contributed by atoms with Gasteiger partial charge in [-0.15, -0.1) is 0 Å². The van der Waals surface area contributed by atoms with Gasteiger partial charge >= 0.3 is 0 Å². The summed E-state index contributed by atoms with van der Waals surface area (Å²) in [4.78, 5) is 12.3. The molecule has 0 aromatic carbocycles. The summed E-state index contributed by atoms with van der Waals surface area (Å²) in [6.07, 6.45) is 53.5. The summed E-state index contributed by atoms with van der Waals surface area (Å²) >= 11 is 0. The molecule has 254 valence electrons. The van der Waals surface area contributed by atoms with Crippen molar-refractivity contribution in [2.75, 3.05) is 6.61 Å². The zero-order chi connectivity index (χ0) is 32.9. The van der Waals surface area contributed by atoms with Crippen molar-refractivity contribution in [1.82, 2.24) is 5.32 Å². The fourth-order valence-electron chi connectivity index (χ4n) is 4.59. The Hall–Kier alpha value is -2.69. The third kappa shape index (κ3) is 32.5. The van der Waals surface area contributed by atoms with Gasteiger partial charge in [-0.25, -0.2) is 0 Å². The summed E-state index contributed by atoms with van der Waals surface area (Å²) < 4.78 is 0. The van der Waals surface area contributed by atoms with Crippen molar-refractivity contribution in [1.29, 1.82) is 0 Å². The average Bonchev–Trinajstić information content (AvgIpc) is 3.04. The van der Waals surface area contributed by atoms with Crippen LogP contribution in [0.4, 0.5) is 0 Å². The molecule has 1 amide bonds. The minimum absolute atomic E-state index is 0.0985. The summed E-state index contributed by atoms with van der Waals surface area (Å²) in [6.45, 7) is 4.02. The lowest BCUT2D eigenvalue weighted by molar-refractivity contribution is -0.123. The van der Waals surface area contributed by atoms with Gasteiger partial charge in [0, 0.05) is 6.42 Å². The summed E-state index contributed by atoms with van der Waals surface area (Å²) in [5.41, 5.74) is 0. The third-order valence-electron chi connectivity index (χ3n) is 7.29. The van der Waals surface area contributed by atoms with Gasteiger partial charge in [0.2, 0.25) is 5.91 Å². The number of carbonyl (C=O) groups excluding carboxylic acids is 1. The van der Waals surface area contributed by atoms with Crippen molar-refractivity contribution in [2.45, 2.75) is 148 Å². The minimum Gasteiger partial charge on any atom is -0.394 e. The maximum absolute atomic E-state index is 12.3. The van der Waals surface area contributed by atoms with E-state index in [-0.39, 0.29) is 12.5 Å². The first kappa shape index (κ1) is 42.3. The lowest BCUT2D eigenvalue weighted by Gasteiger charge is -2.19. The van der Waals surface area contributed by atoms with Crippen LogP contribution >= 0.6 is 0 Å². The average molecular weight is 622 g/mol. The Morgan fingerprint density at radius 1 is 0.533 bits per heavy atom. The molecule has 0 saturated heterocycles. The zero-order valence-corrected chi connectivity index (χ0v) is 28.8. The van der Waals surface area contributed by atoms with Crippen LogP contribution in [0.1, 0.15) is 136 Å². The van der Waals surface area contributed by atoms with Crippen molar-refractivity contribution >= 4 is 5.91 Å². The van der Waals surface area contributed by atoms with Crippen molar-refractivity contribution in [3.63, 3.8) is 0 Å². The molecule has 2 unspecified atom stereocenters. The third-order valence-corrected chi connectivity index (χ3v) is 7.29. The summed E-state index contributed by atoms with van der Waals surface area (Å²) in [5.74, 6) is -0.0985. The minimum atomic E-state index is -0.878. The molecular weight excluding hydrogens is 554 g/mol. The molecule has 2 atom stereocenters. The maximum Gasteiger partial charge on any atom is 0.220 e. The molecule has 0 aliphatic carbocycles. The van der Waals surface area contributed by atoms with Crippen molar-refractivity contribution in [3.8, 4) is 0 Å². The molecule has 0 aliphatic heterocycles. The van der Waals surface area contributed by atoms with E-state index in [1.807, 2.05) is 6.08 Å². The van der Waals surface area contributed by atoms with Crippen LogP contribution < -0.4 is 5.32 Å². The number of nitrogens with one attached hydrogen (secondary N) is 1. The molecule has 4 nitrogen and oxygen atoms in total. The molecule has 3 N–H and O–H groups in total. The number of aliphatic hydroxyl groups excluding tert-OH is 2. The highest BCUT2D eigenvalue weighted by atomic mass is 16.3. The molecule has 0 saturated carbocycles. The molecule has 0 aliphatic rings. The molecule has 45 heavy (non-hydrogen) atoms. The maximum atomic E-state index is 12.3. The fraction of sp³-hybridized carbons (Fsp3) is 0.585. The molecule has 0 rings (SSSR count). The van der Waals surface area contributed by atoms with E-state index in [4.69, 9.17) is 0 Å². The van der Waals surface area contributed by atoms with Crippen LogP contribution in [-0.4, -0.2) is 34.9 Å². The smallest absolute Gasteiger partial charge is 0.220 e. The normalized spacial score (nSPS) is 14.3. The largest absolute Gasteiger partial charge is 0.394 e. The fourth-order valence-corrected chi connectivity index (χ4v) is 4.59. The number of hydrogen-bond acceptors (Lipinski definition) is 3. The van der Waals surface area contributed by atoms with E-state index in [9.17, 15) is 15.0 Å². The van der Waals surface area contributed by atoms with Gasteiger partial charge in [0.1, 0.15) is 0 Å². The Balaban J connectivity index is 3.71. The van der Waals surface area contributed by atoms with E-state index in [1.165, 1.54) is 25.7 Å². The Labute approximate surface area is 277 Å². The van der Waals surface area contributed by atoms with Crippen LogP contribution in [0, 0.1) is 0 Å². The standard InChI is InChI=1S/C41H67NO3/c1-3-5-7-9-11-13-15-16-17-18-19-20-21-22-23-24-25-26-27-29-31-33-35-37-41(45)42-39(38-43)40(44)36-34-32-30-28-14-12-10-8-6-4-2/h5-8,11,13-14,16-17,19-20,22-23,28,34,36,39-40,43-44H,3-4,9-10,12,15,18,21,24-27,29-33,35,37-38H2,1-2H3,(H,42,45)/b7-5-,8-6+,13-11-,17-16-,20-19-,23-22-,28-14+,36-34+. The van der Waals surface area contributed by atoms with Gasteiger partial charge in [-0.2, -0.15) is 0 Å². The Morgan fingerprint density at radius 3 is 1.47 bits per heavy atom. The number of rotatable bonds is 30. The lowest BCUT2D eigenvalue weighted by Crippen LogP contribution is -2.45. The lowest BCUT2D eigenvalue weighted by atomic mass is 10.1. The highest BCUT2D eigenvalue weighted by Crippen LogP contribution is 2.11. The van der Waals surface area contributed by atoms with E-state index in [1.54, 1.807) is 6.08 Å². The van der Waals surface area contributed by atoms with E-state index in [0.29, 0.717) is 6.42 Å². The van der Waals surface area contributed by atoms with Crippen LogP contribution in [0.5, 0.6) is 0 Å².